The molecule has 0 bridgehead atoms. The van der Waals surface area contributed by atoms with Crippen LogP contribution in [0.5, 0.6) is 5.75 Å². The van der Waals surface area contributed by atoms with E-state index in [0.717, 1.165) is 27.7 Å². The molecule has 3 heteroatoms. The van der Waals surface area contributed by atoms with Crippen LogP contribution in [0, 0.1) is 0 Å². The Balaban J connectivity index is 2.68. The maximum Gasteiger partial charge on any atom is 0.136 e. The van der Waals surface area contributed by atoms with Crippen molar-refractivity contribution >= 4 is 31.9 Å². The van der Waals surface area contributed by atoms with Crippen molar-refractivity contribution < 1.29 is 4.74 Å². The van der Waals surface area contributed by atoms with E-state index in [-0.39, 0.29) is 0 Å². The molecule has 18 heavy (non-hydrogen) atoms. The van der Waals surface area contributed by atoms with E-state index in [1.165, 1.54) is 24.8 Å². The average molecular weight is 378 g/mol. The van der Waals surface area contributed by atoms with Gasteiger partial charge in [-0.1, -0.05) is 56.0 Å². The van der Waals surface area contributed by atoms with Gasteiger partial charge in [-0.3, -0.25) is 0 Å². The molecular formula is C15H22Br2O. The van der Waals surface area contributed by atoms with Gasteiger partial charge in [-0.05, 0) is 46.0 Å². The minimum atomic E-state index is 0.462. The third-order valence-corrected chi connectivity index (χ3v) is 3.95. The summed E-state index contributed by atoms with van der Waals surface area (Å²) in [7, 11) is 0. The highest BCUT2D eigenvalue weighted by molar-refractivity contribution is 9.11. The monoisotopic (exact) mass is 376 g/mol. The average Bonchev–Trinajstić information content (AvgIpc) is 2.30. The summed E-state index contributed by atoms with van der Waals surface area (Å²) < 4.78 is 8.10. The number of rotatable bonds is 7. The maximum absolute atomic E-state index is 5.96. The summed E-state index contributed by atoms with van der Waals surface area (Å²) in [4.78, 5) is 0. The first-order valence-electron chi connectivity index (χ1n) is 6.68. The summed E-state index contributed by atoms with van der Waals surface area (Å²) in [6, 6.07) is 4.20. The fraction of sp³-hybridized carbons (Fsp3) is 0.600. The van der Waals surface area contributed by atoms with Crippen LogP contribution in [-0.2, 0) is 0 Å². The van der Waals surface area contributed by atoms with Crippen LogP contribution in [0.25, 0.3) is 0 Å². The van der Waals surface area contributed by atoms with Crippen molar-refractivity contribution in [2.75, 3.05) is 6.61 Å². The zero-order valence-electron chi connectivity index (χ0n) is 11.4. The molecule has 0 spiro atoms. The van der Waals surface area contributed by atoms with Crippen molar-refractivity contribution in [3.05, 3.63) is 26.6 Å². The van der Waals surface area contributed by atoms with E-state index in [1.54, 1.807) is 0 Å². The van der Waals surface area contributed by atoms with Gasteiger partial charge in [0.2, 0.25) is 0 Å². The Bertz CT molecular complexity index is 375. The fourth-order valence-corrected chi connectivity index (χ4v) is 3.24. The quantitative estimate of drug-likeness (QED) is 0.507. The van der Waals surface area contributed by atoms with Gasteiger partial charge in [-0.2, -0.15) is 0 Å². The van der Waals surface area contributed by atoms with Crippen LogP contribution in [0.2, 0.25) is 0 Å². The lowest BCUT2D eigenvalue weighted by Gasteiger charge is -2.16. The van der Waals surface area contributed by atoms with Gasteiger partial charge in [-0.15, -0.1) is 0 Å². The minimum Gasteiger partial charge on any atom is -0.492 e. The van der Waals surface area contributed by atoms with Crippen molar-refractivity contribution in [1.82, 2.24) is 0 Å². The molecule has 1 nitrogen and oxygen atoms in total. The van der Waals surface area contributed by atoms with Crippen LogP contribution in [0.1, 0.15) is 57.9 Å². The van der Waals surface area contributed by atoms with Gasteiger partial charge in [-0.25, -0.2) is 0 Å². The predicted molar refractivity (Wildman–Crippen MR) is 85.6 cm³/mol. The molecule has 0 aliphatic carbocycles. The van der Waals surface area contributed by atoms with Gasteiger partial charge in [0, 0.05) is 4.47 Å². The fourth-order valence-electron chi connectivity index (χ4n) is 1.86. The van der Waals surface area contributed by atoms with Gasteiger partial charge in [0.25, 0.3) is 0 Å². The van der Waals surface area contributed by atoms with Crippen LogP contribution in [0.4, 0.5) is 0 Å². The summed E-state index contributed by atoms with van der Waals surface area (Å²) in [6.07, 6.45) is 4.94. The van der Waals surface area contributed by atoms with E-state index in [4.69, 9.17) is 4.74 Å². The van der Waals surface area contributed by atoms with E-state index in [0.29, 0.717) is 5.92 Å². The Hall–Kier alpha value is -0.0200. The molecule has 1 rings (SSSR count). The Labute approximate surface area is 128 Å². The normalized spacial score (nSPS) is 11.0. The lowest BCUT2D eigenvalue weighted by atomic mass is 10.0. The van der Waals surface area contributed by atoms with Crippen LogP contribution < -0.4 is 4.74 Å². The highest BCUT2D eigenvalue weighted by atomic mass is 79.9. The molecule has 0 atom stereocenters. The summed E-state index contributed by atoms with van der Waals surface area (Å²) in [5, 5.41) is 0. The number of ether oxygens (including phenoxy) is 1. The SMILES string of the molecule is CCCCCCOc1c(Br)cc(Br)cc1C(C)C. The molecule has 0 aliphatic rings. The molecule has 0 fully saturated rings. The Kier molecular flexibility index (Phi) is 7.31. The molecule has 0 N–H and O–H groups in total. The first-order chi connectivity index (χ1) is 8.56. The third kappa shape index (κ3) is 4.93. The van der Waals surface area contributed by atoms with Gasteiger partial charge in [0.1, 0.15) is 5.75 Å². The standard InChI is InChI=1S/C15H22Br2O/c1-4-5-6-7-8-18-15-13(11(2)3)9-12(16)10-14(15)17/h9-11H,4-8H2,1-3H3. The van der Waals surface area contributed by atoms with E-state index < -0.39 is 0 Å². The van der Waals surface area contributed by atoms with E-state index in [2.05, 4.69) is 58.7 Å². The van der Waals surface area contributed by atoms with Crippen molar-refractivity contribution in [2.45, 2.75) is 52.4 Å². The second kappa shape index (κ2) is 8.21. The number of halogens is 2. The maximum atomic E-state index is 5.96. The zero-order chi connectivity index (χ0) is 13.5. The van der Waals surface area contributed by atoms with Crippen molar-refractivity contribution in [1.29, 1.82) is 0 Å². The number of hydrogen-bond donors (Lipinski definition) is 0. The van der Waals surface area contributed by atoms with Crippen molar-refractivity contribution in [3.8, 4) is 5.75 Å². The third-order valence-electron chi connectivity index (χ3n) is 2.90. The molecule has 0 aromatic heterocycles. The van der Waals surface area contributed by atoms with Crippen LogP contribution >= 0.6 is 31.9 Å². The highest BCUT2D eigenvalue weighted by Gasteiger charge is 2.13. The first kappa shape index (κ1) is 16.0. The van der Waals surface area contributed by atoms with Gasteiger partial charge in [0.05, 0.1) is 11.1 Å². The molecule has 102 valence electrons. The molecule has 0 radical (unpaired) electrons. The number of unbranched alkanes of at least 4 members (excludes halogenated alkanes) is 3. The Morgan fingerprint density at radius 2 is 1.83 bits per heavy atom. The number of hydrogen-bond acceptors (Lipinski definition) is 1. The summed E-state index contributed by atoms with van der Waals surface area (Å²) in [6.45, 7) is 7.42. The van der Waals surface area contributed by atoms with Gasteiger partial charge >= 0.3 is 0 Å². The molecule has 0 saturated carbocycles. The van der Waals surface area contributed by atoms with Gasteiger partial charge < -0.3 is 4.74 Å². The lowest BCUT2D eigenvalue weighted by molar-refractivity contribution is 0.299. The Morgan fingerprint density at radius 3 is 2.44 bits per heavy atom. The first-order valence-corrected chi connectivity index (χ1v) is 8.26. The van der Waals surface area contributed by atoms with Crippen LogP contribution in [0.3, 0.4) is 0 Å². The number of benzene rings is 1. The highest BCUT2D eigenvalue weighted by Crippen LogP contribution is 2.37. The van der Waals surface area contributed by atoms with Crippen molar-refractivity contribution in [3.63, 3.8) is 0 Å². The molecular weight excluding hydrogens is 356 g/mol. The molecule has 0 aliphatic heterocycles. The topological polar surface area (TPSA) is 9.23 Å². The molecule has 0 amide bonds. The molecule has 0 saturated heterocycles. The minimum absolute atomic E-state index is 0.462. The summed E-state index contributed by atoms with van der Waals surface area (Å²) in [5.74, 6) is 1.47. The smallest absolute Gasteiger partial charge is 0.136 e. The predicted octanol–water partition coefficient (Wildman–Crippen LogP) is 6.29. The van der Waals surface area contributed by atoms with E-state index in [9.17, 15) is 0 Å². The molecule has 0 heterocycles. The molecule has 1 aromatic rings. The van der Waals surface area contributed by atoms with E-state index >= 15 is 0 Å². The molecule has 0 unspecified atom stereocenters. The Morgan fingerprint density at radius 1 is 1.11 bits per heavy atom. The van der Waals surface area contributed by atoms with Crippen LogP contribution in [-0.4, -0.2) is 6.61 Å². The van der Waals surface area contributed by atoms with Gasteiger partial charge in [0.15, 0.2) is 0 Å². The second-order valence-electron chi connectivity index (χ2n) is 4.87. The molecule has 1 aromatic carbocycles. The lowest BCUT2D eigenvalue weighted by Crippen LogP contribution is -2.02. The van der Waals surface area contributed by atoms with E-state index in [1.807, 2.05) is 6.07 Å². The van der Waals surface area contributed by atoms with Crippen LogP contribution in [0.15, 0.2) is 21.1 Å². The summed E-state index contributed by atoms with van der Waals surface area (Å²) >= 11 is 7.13. The zero-order valence-corrected chi connectivity index (χ0v) is 14.6. The second-order valence-corrected chi connectivity index (χ2v) is 6.64. The van der Waals surface area contributed by atoms with Crippen molar-refractivity contribution in [2.24, 2.45) is 0 Å². The largest absolute Gasteiger partial charge is 0.492 e. The summed E-state index contributed by atoms with van der Waals surface area (Å²) in [5.41, 5.74) is 1.26.